The number of nitrogens with one attached hydrogen (secondary N) is 3. The fourth-order valence-electron chi connectivity index (χ4n) is 4.12. The number of non-ortho nitro benzene ring substituents is 1. The zero-order chi connectivity index (χ0) is 30.1. The molecule has 0 radical (unpaired) electrons. The Labute approximate surface area is 233 Å². The summed E-state index contributed by atoms with van der Waals surface area (Å²) >= 11 is 0. The fraction of sp³-hybridized carbons (Fsp3) is 0.346. The van der Waals surface area contributed by atoms with Gasteiger partial charge in [-0.05, 0) is 43.9 Å². The van der Waals surface area contributed by atoms with Gasteiger partial charge in [0.25, 0.3) is 11.6 Å². The van der Waals surface area contributed by atoms with Crippen LogP contribution in [0.3, 0.4) is 0 Å². The van der Waals surface area contributed by atoms with E-state index in [9.17, 15) is 39.2 Å². The summed E-state index contributed by atoms with van der Waals surface area (Å²) in [6, 6.07) is 5.07. The number of amides is 4. The number of carboxylic acids is 1. The van der Waals surface area contributed by atoms with Crippen LogP contribution in [0, 0.1) is 10.1 Å². The van der Waals surface area contributed by atoms with Gasteiger partial charge in [0, 0.05) is 35.4 Å². The van der Waals surface area contributed by atoms with Crippen LogP contribution in [0.2, 0.25) is 0 Å². The van der Waals surface area contributed by atoms with Gasteiger partial charge in [-0.25, -0.2) is 0 Å². The van der Waals surface area contributed by atoms with Crippen molar-refractivity contribution in [3.8, 4) is 5.75 Å². The van der Waals surface area contributed by atoms with Gasteiger partial charge in [0.15, 0.2) is 0 Å². The monoisotopic (exact) mass is 571 g/mol. The average Bonchev–Trinajstić information content (AvgIpc) is 2.92. The van der Waals surface area contributed by atoms with Crippen LogP contribution in [0.4, 0.5) is 11.4 Å². The number of anilines is 1. The second kappa shape index (κ2) is 13.8. The Morgan fingerprint density at radius 3 is 2.44 bits per heavy atom. The van der Waals surface area contributed by atoms with E-state index in [-0.39, 0.29) is 42.0 Å². The zero-order valence-electron chi connectivity index (χ0n) is 22.0. The Morgan fingerprint density at radius 2 is 1.78 bits per heavy atom. The van der Waals surface area contributed by atoms with E-state index in [2.05, 4.69) is 21.7 Å². The number of nitro benzene ring substituents is 1. The Bertz CT molecular complexity index is 1360. The molecule has 0 aromatic heterocycles. The van der Waals surface area contributed by atoms with Gasteiger partial charge in [0.2, 0.25) is 17.7 Å². The lowest BCUT2D eigenvalue weighted by Gasteiger charge is -2.24. The lowest BCUT2D eigenvalue weighted by Crippen LogP contribution is -2.53. The number of carboxylic acid groups (broad SMARTS) is 1. The molecule has 15 nitrogen and oxygen atoms in total. The predicted molar refractivity (Wildman–Crippen MR) is 143 cm³/mol. The number of primary amides is 1. The Morgan fingerprint density at radius 1 is 1.05 bits per heavy atom. The summed E-state index contributed by atoms with van der Waals surface area (Å²) in [4.78, 5) is 73.7. The highest BCUT2D eigenvalue weighted by molar-refractivity contribution is 6.03. The normalized spacial score (nSPS) is 17.4. The number of unbranched alkanes of at least 4 members (excludes halogenated alkanes) is 1. The van der Waals surface area contributed by atoms with Crippen molar-refractivity contribution >= 4 is 41.0 Å². The van der Waals surface area contributed by atoms with Gasteiger partial charge in [-0.2, -0.15) is 0 Å². The molecule has 2 aromatic rings. The topological polar surface area (TPSA) is 248 Å². The maximum Gasteiger partial charge on any atom is 0.303 e. The second-order valence-corrected chi connectivity index (χ2v) is 9.32. The molecule has 0 aliphatic carbocycles. The SMILES string of the molecule is NC(=O)c1ccc2c(c1)NC(=O)[C@H](CCCC[NH3+])NC(=O)[C@H](CCC(=O)O)NC(=O)c1cc([N+](=O)[O-])ccc1OC2. The van der Waals surface area contributed by atoms with Gasteiger partial charge < -0.3 is 37.3 Å². The first-order valence-corrected chi connectivity index (χ1v) is 12.8. The minimum atomic E-state index is -1.40. The van der Waals surface area contributed by atoms with E-state index in [0.29, 0.717) is 24.9 Å². The number of rotatable bonds is 9. The van der Waals surface area contributed by atoms with Gasteiger partial charge in [-0.15, -0.1) is 0 Å². The van der Waals surface area contributed by atoms with Crippen LogP contribution in [0.1, 0.15) is 58.4 Å². The predicted octanol–water partition coefficient (Wildman–Crippen LogP) is 0.0850. The van der Waals surface area contributed by atoms with Crippen molar-refractivity contribution in [2.75, 3.05) is 11.9 Å². The van der Waals surface area contributed by atoms with Crippen molar-refractivity contribution in [3.05, 3.63) is 63.2 Å². The smallest absolute Gasteiger partial charge is 0.303 e. The third-order valence-corrected chi connectivity index (χ3v) is 6.35. The second-order valence-electron chi connectivity index (χ2n) is 9.32. The van der Waals surface area contributed by atoms with Crippen molar-refractivity contribution in [1.82, 2.24) is 10.6 Å². The maximum absolute atomic E-state index is 13.4. The van der Waals surface area contributed by atoms with Gasteiger partial charge in [0.1, 0.15) is 24.4 Å². The number of carbonyl (C=O) groups is 5. The molecule has 0 saturated carbocycles. The summed E-state index contributed by atoms with van der Waals surface area (Å²) < 4.78 is 5.81. The van der Waals surface area contributed by atoms with E-state index in [1.807, 2.05) is 0 Å². The van der Waals surface area contributed by atoms with Crippen LogP contribution in [0.5, 0.6) is 5.75 Å². The number of hydrogen-bond donors (Lipinski definition) is 6. The molecule has 2 atom stereocenters. The first kappa shape index (κ1) is 30.5. The van der Waals surface area contributed by atoms with Crippen molar-refractivity contribution in [1.29, 1.82) is 0 Å². The van der Waals surface area contributed by atoms with Gasteiger partial charge in [0.05, 0.1) is 17.0 Å². The summed E-state index contributed by atoms with van der Waals surface area (Å²) in [5.41, 5.74) is 9.13. The summed E-state index contributed by atoms with van der Waals surface area (Å²) in [5.74, 6) is -4.43. The number of aliphatic carboxylic acids is 1. The Balaban J connectivity index is 2.11. The van der Waals surface area contributed by atoms with Crippen molar-refractivity contribution < 1.29 is 44.5 Å². The molecule has 1 aliphatic rings. The summed E-state index contributed by atoms with van der Waals surface area (Å²) in [6.45, 7) is 0.362. The third-order valence-electron chi connectivity index (χ3n) is 6.35. The highest BCUT2D eigenvalue weighted by Crippen LogP contribution is 2.27. The maximum atomic E-state index is 13.4. The number of carbonyl (C=O) groups excluding carboxylic acids is 4. The Hall–Kier alpha value is -5.05. The zero-order valence-corrected chi connectivity index (χ0v) is 22.0. The van der Waals surface area contributed by atoms with E-state index < -0.39 is 58.7 Å². The first-order valence-electron chi connectivity index (χ1n) is 12.8. The van der Waals surface area contributed by atoms with E-state index in [0.717, 1.165) is 12.1 Å². The molecule has 0 spiro atoms. The van der Waals surface area contributed by atoms with Crippen LogP contribution in [-0.4, -0.2) is 58.3 Å². The Kier molecular flexibility index (Phi) is 10.3. The minimum absolute atomic E-state index is 0.0788. The van der Waals surface area contributed by atoms with Crippen LogP contribution >= 0.6 is 0 Å². The molecule has 0 saturated heterocycles. The summed E-state index contributed by atoms with van der Waals surface area (Å²) in [5, 5.41) is 28.3. The molecule has 15 heteroatoms. The van der Waals surface area contributed by atoms with Crippen LogP contribution in [-0.2, 0) is 21.0 Å². The molecular weight excluding hydrogens is 540 g/mol. The molecule has 0 unspecified atom stereocenters. The van der Waals surface area contributed by atoms with Gasteiger partial charge in [-0.3, -0.25) is 34.1 Å². The molecule has 2 aromatic carbocycles. The molecule has 4 amide bonds. The lowest BCUT2D eigenvalue weighted by molar-refractivity contribution is -0.384. The molecular formula is C26H31N6O9+. The van der Waals surface area contributed by atoms with Gasteiger partial charge in [-0.1, -0.05) is 6.07 Å². The number of nitrogens with zero attached hydrogens (tertiary/aromatic N) is 1. The highest BCUT2D eigenvalue weighted by atomic mass is 16.6. The largest absolute Gasteiger partial charge is 0.488 e. The highest BCUT2D eigenvalue weighted by Gasteiger charge is 2.30. The molecule has 1 aliphatic heterocycles. The molecule has 218 valence electrons. The number of benzene rings is 2. The van der Waals surface area contributed by atoms with E-state index in [1.54, 1.807) is 0 Å². The number of ether oxygens (including phenoxy) is 1. The lowest BCUT2D eigenvalue weighted by atomic mass is 10.0. The molecule has 9 N–H and O–H groups in total. The quantitative estimate of drug-likeness (QED) is 0.135. The number of nitro groups is 1. The summed E-state index contributed by atoms with van der Waals surface area (Å²) in [6.07, 6.45) is 0.560. The van der Waals surface area contributed by atoms with Crippen LogP contribution in [0.25, 0.3) is 0 Å². The standard InChI is InChI=1S/C26H30N6O9/c27-10-2-1-3-18-25(37)31-20-11-14(23(28)35)4-5-15(20)13-41-21-8-6-16(32(39)40)12-17(21)24(36)29-19(26(38)30-18)7-9-22(33)34/h4-6,8,11-12,18-19H,1-3,7,9-10,13,27H2,(H2,28,35)(H,29,36)(H,30,38)(H,31,37)(H,33,34)/p+1/t18-,19-/m0/s1. The number of quaternary nitrogens is 1. The fourth-order valence-corrected chi connectivity index (χ4v) is 4.12. The molecule has 3 rings (SSSR count). The van der Waals surface area contributed by atoms with E-state index >= 15 is 0 Å². The van der Waals surface area contributed by atoms with E-state index in [4.69, 9.17) is 10.5 Å². The minimum Gasteiger partial charge on any atom is -0.488 e. The number of fused-ring (bicyclic) bond motifs is 2. The molecule has 41 heavy (non-hydrogen) atoms. The van der Waals surface area contributed by atoms with Gasteiger partial charge >= 0.3 is 5.97 Å². The number of nitrogens with two attached hydrogens (primary N) is 1. The van der Waals surface area contributed by atoms with Crippen molar-refractivity contribution in [2.24, 2.45) is 5.73 Å². The van der Waals surface area contributed by atoms with Crippen molar-refractivity contribution in [2.45, 2.75) is 50.8 Å². The van der Waals surface area contributed by atoms with Crippen LogP contribution < -0.4 is 32.2 Å². The molecule has 1 heterocycles. The third kappa shape index (κ3) is 8.22. The number of hydrogen-bond acceptors (Lipinski definition) is 8. The van der Waals surface area contributed by atoms with E-state index in [1.165, 1.54) is 24.3 Å². The molecule has 0 fully saturated rings. The molecule has 0 bridgehead atoms. The van der Waals surface area contributed by atoms with Crippen molar-refractivity contribution in [3.63, 3.8) is 0 Å². The average molecular weight is 572 g/mol. The summed E-state index contributed by atoms with van der Waals surface area (Å²) in [7, 11) is 0. The first-order chi connectivity index (χ1) is 19.5. The van der Waals surface area contributed by atoms with Crippen LogP contribution in [0.15, 0.2) is 36.4 Å².